The highest BCUT2D eigenvalue weighted by Gasteiger charge is 2.21. The molecule has 0 spiro atoms. The lowest BCUT2D eigenvalue weighted by Crippen LogP contribution is -2.03. The predicted molar refractivity (Wildman–Crippen MR) is 145 cm³/mol. The van der Waals surface area contributed by atoms with Crippen LogP contribution < -0.4 is 11.1 Å². The van der Waals surface area contributed by atoms with Crippen molar-refractivity contribution in [2.24, 2.45) is 0 Å². The molecule has 4 rings (SSSR count). The first-order valence-corrected chi connectivity index (χ1v) is 13.2. The Balaban J connectivity index is 1.58. The van der Waals surface area contributed by atoms with Gasteiger partial charge < -0.3 is 16.2 Å². The van der Waals surface area contributed by atoms with Crippen LogP contribution in [-0.4, -0.2) is 21.7 Å². The monoisotopic (exact) mass is 532 g/mol. The summed E-state index contributed by atoms with van der Waals surface area (Å²) in [6.07, 6.45) is 1.41. The van der Waals surface area contributed by atoms with Crippen LogP contribution in [0.15, 0.2) is 58.9 Å². The molecule has 0 amide bonds. The second kappa shape index (κ2) is 11.9. The van der Waals surface area contributed by atoms with Crippen molar-refractivity contribution >= 4 is 51.3 Å². The predicted octanol–water partition coefficient (Wildman–Crippen LogP) is 6.14. The van der Waals surface area contributed by atoms with E-state index in [0.717, 1.165) is 28.5 Å². The van der Waals surface area contributed by atoms with Crippen LogP contribution in [0.4, 0.5) is 16.6 Å². The van der Waals surface area contributed by atoms with E-state index in [1.807, 2.05) is 47.8 Å². The Bertz CT molecular complexity index is 1460. The van der Waals surface area contributed by atoms with Gasteiger partial charge in [0.15, 0.2) is 5.13 Å². The highest BCUT2D eigenvalue weighted by Crippen LogP contribution is 2.37. The minimum Gasteiger partial charge on any atom is -0.396 e. The van der Waals surface area contributed by atoms with Gasteiger partial charge in [-0.2, -0.15) is 10.5 Å². The fraction of sp³-hybridized carbons (Fsp3) is 0.154. The van der Waals surface area contributed by atoms with E-state index >= 15 is 0 Å². The van der Waals surface area contributed by atoms with E-state index in [1.165, 1.54) is 23.1 Å². The molecule has 180 valence electrons. The van der Waals surface area contributed by atoms with Gasteiger partial charge in [0.1, 0.15) is 28.5 Å². The topological polar surface area (TPSA) is 132 Å². The van der Waals surface area contributed by atoms with E-state index in [2.05, 4.69) is 27.4 Å². The van der Waals surface area contributed by atoms with Crippen molar-refractivity contribution in [2.75, 3.05) is 17.7 Å². The van der Waals surface area contributed by atoms with E-state index < -0.39 is 0 Å². The number of nitrogens with zero attached hydrogens (tertiary/aromatic N) is 4. The summed E-state index contributed by atoms with van der Waals surface area (Å²) < 4.78 is 0. The molecule has 4 aromatic rings. The number of thiazole rings is 1. The molecule has 0 saturated carbocycles. The lowest BCUT2D eigenvalue weighted by Gasteiger charge is -2.13. The van der Waals surface area contributed by atoms with E-state index in [1.54, 1.807) is 6.07 Å². The first-order valence-electron chi connectivity index (χ1n) is 11.0. The Morgan fingerprint density at radius 3 is 2.56 bits per heavy atom. The van der Waals surface area contributed by atoms with Gasteiger partial charge in [-0.3, -0.25) is 0 Å². The lowest BCUT2D eigenvalue weighted by molar-refractivity contribution is 0.288. The molecule has 2 aromatic carbocycles. The summed E-state index contributed by atoms with van der Waals surface area (Å²) in [4.78, 5) is 8.98. The highest BCUT2D eigenvalue weighted by atomic mass is 35.5. The number of aromatic nitrogens is 2. The minimum atomic E-state index is 0.0833. The molecule has 0 aliphatic heterocycles. The number of aliphatic hydroxyl groups is 1. The molecular formula is C26H21ClN6OS2. The number of rotatable bonds is 9. The van der Waals surface area contributed by atoms with Crippen LogP contribution in [0.5, 0.6) is 0 Å². The van der Waals surface area contributed by atoms with Gasteiger partial charge in [-0.15, -0.1) is 11.3 Å². The van der Waals surface area contributed by atoms with Crippen molar-refractivity contribution in [3.05, 3.63) is 81.3 Å². The molecule has 2 aromatic heterocycles. The third kappa shape index (κ3) is 5.96. The van der Waals surface area contributed by atoms with Crippen LogP contribution in [0.3, 0.4) is 0 Å². The Kier molecular flexibility index (Phi) is 8.42. The van der Waals surface area contributed by atoms with Gasteiger partial charge in [-0.25, -0.2) is 9.97 Å². The zero-order valence-electron chi connectivity index (χ0n) is 19.0. The summed E-state index contributed by atoms with van der Waals surface area (Å²) in [5.41, 5.74) is 10.5. The second-order valence-corrected chi connectivity index (χ2v) is 10.0. The molecule has 0 unspecified atom stereocenters. The molecule has 0 aliphatic carbocycles. The number of hydrogen-bond acceptors (Lipinski definition) is 9. The number of pyridine rings is 1. The zero-order chi connectivity index (χ0) is 25.5. The first kappa shape index (κ1) is 25.5. The summed E-state index contributed by atoms with van der Waals surface area (Å²) >= 11 is 8.86. The molecule has 10 heteroatoms. The molecule has 2 heterocycles. The smallest absolute Gasteiger partial charge is 0.187 e. The zero-order valence-corrected chi connectivity index (χ0v) is 21.4. The van der Waals surface area contributed by atoms with Gasteiger partial charge in [0.2, 0.25) is 0 Å². The van der Waals surface area contributed by atoms with Crippen LogP contribution in [0.2, 0.25) is 5.02 Å². The maximum absolute atomic E-state index is 10.0. The largest absolute Gasteiger partial charge is 0.396 e. The Labute approximate surface area is 222 Å². The summed E-state index contributed by atoms with van der Waals surface area (Å²) in [5, 5.41) is 35.8. The second-order valence-electron chi connectivity index (χ2n) is 7.74. The highest BCUT2D eigenvalue weighted by molar-refractivity contribution is 7.98. The van der Waals surface area contributed by atoms with Crippen molar-refractivity contribution in [1.29, 1.82) is 10.5 Å². The average molecular weight is 533 g/mol. The number of halogens is 1. The minimum absolute atomic E-state index is 0.0833. The number of nitrogens with two attached hydrogens (primary N) is 1. The van der Waals surface area contributed by atoms with Gasteiger partial charge in [-0.05, 0) is 42.2 Å². The number of nitrogen functional groups attached to an aromatic ring is 1. The summed E-state index contributed by atoms with van der Waals surface area (Å²) in [5.74, 6) is 0.556. The van der Waals surface area contributed by atoms with E-state index in [4.69, 9.17) is 22.4 Å². The van der Waals surface area contributed by atoms with E-state index in [9.17, 15) is 10.5 Å². The van der Waals surface area contributed by atoms with Crippen molar-refractivity contribution in [1.82, 2.24) is 9.97 Å². The lowest BCUT2D eigenvalue weighted by atomic mass is 9.95. The normalized spacial score (nSPS) is 10.6. The van der Waals surface area contributed by atoms with Crippen molar-refractivity contribution in [3.8, 4) is 23.3 Å². The molecule has 0 saturated heterocycles. The number of anilines is 3. The summed E-state index contributed by atoms with van der Waals surface area (Å²) in [7, 11) is 0. The van der Waals surface area contributed by atoms with Gasteiger partial charge >= 0.3 is 0 Å². The number of aliphatic hydroxyl groups excluding tert-OH is 1. The van der Waals surface area contributed by atoms with Gasteiger partial charge in [0.25, 0.3) is 0 Å². The van der Waals surface area contributed by atoms with Crippen LogP contribution in [0, 0.1) is 22.7 Å². The molecule has 7 nitrogen and oxygen atoms in total. The molecular weight excluding hydrogens is 512 g/mol. The Hall–Kier alpha value is -3.60. The number of aryl methyl sites for hydroxylation is 1. The number of thioether (sulfide) groups is 1. The van der Waals surface area contributed by atoms with Crippen molar-refractivity contribution in [2.45, 2.75) is 23.6 Å². The van der Waals surface area contributed by atoms with Crippen LogP contribution in [-0.2, 0) is 12.2 Å². The third-order valence-electron chi connectivity index (χ3n) is 5.27. The first-order chi connectivity index (χ1) is 17.5. The number of hydrogen-bond donors (Lipinski definition) is 3. The van der Waals surface area contributed by atoms with Crippen molar-refractivity contribution < 1.29 is 5.11 Å². The Morgan fingerprint density at radius 1 is 1.08 bits per heavy atom. The maximum atomic E-state index is 10.0. The summed E-state index contributed by atoms with van der Waals surface area (Å²) in [6.45, 7) is 0.123. The SMILES string of the molecule is N#Cc1c(N)nc(SCc2csc(Nc3cccc(Cl)c3)n2)c(C#N)c1-c1ccc(CCCO)cc1. The Morgan fingerprint density at radius 2 is 1.86 bits per heavy atom. The molecule has 0 aliphatic rings. The molecule has 36 heavy (non-hydrogen) atoms. The van der Waals surface area contributed by atoms with E-state index in [-0.39, 0.29) is 18.0 Å². The molecule has 4 N–H and O–H groups in total. The number of nitrogens with one attached hydrogen (secondary N) is 1. The fourth-order valence-corrected chi connectivity index (χ4v) is 5.49. The standard InChI is InChI=1S/C26H21ClN6OS2/c27-18-4-1-5-19(11-18)31-26-32-20(15-36-26)14-35-25-22(13-29)23(21(12-28)24(30)33-25)17-8-6-16(7-9-17)3-2-10-34/h1,4-9,11,15,34H,2-3,10,14H2,(H2,30,33)(H,31,32). The molecule has 0 radical (unpaired) electrons. The third-order valence-corrected chi connectivity index (χ3v) is 7.32. The molecule has 0 bridgehead atoms. The maximum Gasteiger partial charge on any atom is 0.187 e. The van der Waals surface area contributed by atoms with Crippen molar-refractivity contribution in [3.63, 3.8) is 0 Å². The summed E-state index contributed by atoms with van der Waals surface area (Å²) in [6, 6.07) is 19.3. The fourth-order valence-electron chi connectivity index (χ4n) is 3.58. The quantitative estimate of drug-likeness (QED) is 0.219. The van der Waals surface area contributed by atoms with Gasteiger partial charge in [0.05, 0.1) is 11.3 Å². The van der Waals surface area contributed by atoms with Crippen LogP contribution in [0.25, 0.3) is 11.1 Å². The average Bonchev–Trinajstić information content (AvgIpc) is 3.33. The molecule has 0 atom stereocenters. The van der Waals surface area contributed by atoms with Gasteiger partial charge in [0, 0.05) is 34.0 Å². The van der Waals surface area contributed by atoms with Crippen LogP contribution in [0.1, 0.15) is 28.8 Å². The molecule has 0 fully saturated rings. The van der Waals surface area contributed by atoms with E-state index in [0.29, 0.717) is 38.9 Å². The number of nitriles is 2. The van der Waals surface area contributed by atoms with Gasteiger partial charge in [-0.1, -0.05) is 53.7 Å². The van der Waals surface area contributed by atoms with Crippen LogP contribution >= 0.6 is 34.7 Å². The number of benzene rings is 2.